The molecular weight excluding hydrogens is 715 g/mol. The lowest BCUT2D eigenvalue weighted by Gasteiger charge is -2.42. The molecule has 0 bridgehead atoms. The molecule has 1 fully saturated rings. The third-order valence-corrected chi connectivity index (χ3v) is 12.0. The van der Waals surface area contributed by atoms with E-state index in [1.54, 1.807) is 6.20 Å². The second kappa shape index (κ2) is 16.8. The number of hydrogen-bond acceptors (Lipinski definition) is 7. The van der Waals surface area contributed by atoms with Crippen molar-refractivity contribution < 1.29 is 28.9 Å². The number of ether oxygens (including phenoxy) is 3. The lowest BCUT2D eigenvalue weighted by Crippen LogP contribution is -2.55. The molecule has 1 saturated carbocycles. The van der Waals surface area contributed by atoms with Gasteiger partial charge in [-0.2, -0.15) is 0 Å². The molecular formula is C48H51N3O6. The van der Waals surface area contributed by atoms with Crippen molar-refractivity contribution in [2.75, 3.05) is 6.61 Å². The number of carboxylic acid groups (broad SMARTS) is 1. The highest BCUT2D eigenvalue weighted by molar-refractivity contribution is 5.87. The number of amides is 1. The van der Waals surface area contributed by atoms with Crippen molar-refractivity contribution in [3.05, 3.63) is 142 Å². The summed E-state index contributed by atoms with van der Waals surface area (Å²) in [7, 11) is 0. The van der Waals surface area contributed by atoms with Crippen LogP contribution in [0.15, 0.2) is 103 Å². The number of carboxylic acids is 1. The Labute approximate surface area is 335 Å². The number of nitrogens with one attached hydrogen (secondary N) is 1. The van der Waals surface area contributed by atoms with Gasteiger partial charge in [0.25, 0.3) is 0 Å². The van der Waals surface area contributed by atoms with Gasteiger partial charge in [-0.3, -0.25) is 14.7 Å². The van der Waals surface area contributed by atoms with E-state index in [0.29, 0.717) is 37.2 Å². The number of aliphatic carboxylic acids is 1. The Morgan fingerprint density at radius 3 is 2.39 bits per heavy atom. The van der Waals surface area contributed by atoms with Gasteiger partial charge in [-0.05, 0) is 127 Å². The maximum Gasteiger partial charge on any atom is 0.326 e. The van der Waals surface area contributed by atoms with E-state index in [1.807, 2.05) is 80.6 Å². The number of pyridine rings is 1. The summed E-state index contributed by atoms with van der Waals surface area (Å²) < 4.78 is 19.1. The molecule has 2 N–H and O–H groups in total. The molecule has 4 aromatic carbocycles. The number of carbonyl (C=O) groups excluding carboxylic acids is 1. The third kappa shape index (κ3) is 8.40. The standard InChI is InChI=1S/C48H51N3O6/c1-4-42(34-10-6-5-7-11-34)51-28-37-27-45-44(55-29-46(57-45)35-18-20-39(21-19-35)56-38-12-8-9-13-38)26-36(37)25-43(51)47(52)50-41(48(53)54)24-32-14-16-33(17-15-32)40-22-23-49-31(3)30(40)2/h5-7,10-11,14-23,26-27,38,41-43,46H,4,8-9,12-13,24-25,28-29H2,1-3H3,(H,50,52)(H,53,54)/t41-,42-,43-,46+/m0/s1. The van der Waals surface area contributed by atoms with Crippen molar-refractivity contribution in [2.45, 2.75) is 103 Å². The zero-order valence-corrected chi connectivity index (χ0v) is 32.9. The first-order valence-corrected chi connectivity index (χ1v) is 20.3. The summed E-state index contributed by atoms with van der Waals surface area (Å²) in [6.45, 7) is 7.01. The van der Waals surface area contributed by atoms with E-state index in [1.165, 1.54) is 12.8 Å². The number of aryl methyl sites for hydroxylation is 1. The third-order valence-electron chi connectivity index (χ3n) is 12.0. The predicted octanol–water partition coefficient (Wildman–Crippen LogP) is 8.89. The fraction of sp³-hybridized carbons (Fsp3) is 0.354. The van der Waals surface area contributed by atoms with Gasteiger partial charge in [0.1, 0.15) is 18.4 Å². The second-order valence-electron chi connectivity index (χ2n) is 15.7. The first kappa shape index (κ1) is 38.2. The van der Waals surface area contributed by atoms with Crippen molar-refractivity contribution in [3.63, 3.8) is 0 Å². The molecule has 0 saturated heterocycles. The van der Waals surface area contributed by atoms with E-state index in [9.17, 15) is 14.7 Å². The summed E-state index contributed by atoms with van der Waals surface area (Å²) in [6, 6.07) is 30.5. The van der Waals surface area contributed by atoms with Gasteiger partial charge in [0.15, 0.2) is 17.6 Å². The lowest BCUT2D eigenvalue weighted by molar-refractivity contribution is -0.143. The van der Waals surface area contributed by atoms with E-state index in [-0.39, 0.29) is 24.5 Å². The number of carbonyl (C=O) groups is 2. The SMILES string of the molecule is CC[C@@H](c1ccccc1)N1Cc2cc3c(cc2C[C@H]1C(=O)N[C@@H](Cc1ccc(-c2ccnc(C)c2C)cc1)C(=O)O)OC[C@H](c1ccc(OC2CCCC2)cc1)O3. The Kier molecular flexibility index (Phi) is 11.3. The summed E-state index contributed by atoms with van der Waals surface area (Å²) in [5.74, 6) is 0.832. The average molecular weight is 766 g/mol. The van der Waals surface area contributed by atoms with Gasteiger partial charge in [-0.1, -0.05) is 73.7 Å². The topological polar surface area (TPSA) is 110 Å². The van der Waals surface area contributed by atoms with E-state index in [2.05, 4.69) is 52.5 Å². The Bertz CT molecular complexity index is 2200. The van der Waals surface area contributed by atoms with Crippen LogP contribution in [0.3, 0.4) is 0 Å². The molecule has 0 radical (unpaired) electrons. The van der Waals surface area contributed by atoms with E-state index < -0.39 is 18.1 Å². The number of hydrogen-bond donors (Lipinski definition) is 2. The van der Waals surface area contributed by atoms with Crippen molar-refractivity contribution in [2.24, 2.45) is 0 Å². The van der Waals surface area contributed by atoms with Gasteiger partial charge in [0.05, 0.1) is 12.1 Å². The molecule has 57 heavy (non-hydrogen) atoms. The lowest BCUT2D eigenvalue weighted by atomic mass is 9.89. The molecule has 9 nitrogen and oxygen atoms in total. The molecule has 2 aliphatic heterocycles. The highest BCUT2D eigenvalue weighted by Crippen LogP contribution is 2.43. The summed E-state index contributed by atoms with van der Waals surface area (Å²) >= 11 is 0. The van der Waals surface area contributed by atoms with Crippen LogP contribution >= 0.6 is 0 Å². The number of fused-ring (bicyclic) bond motifs is 2. The Morgan fingerprint density at radius 1 is 0.930 bits per heavy atom. The molecule has 5 aromatic rings. The Morgan fingerprint density at radius 2 is 1.67 bits per heavy atom. The summed E-state index contributed by atoms with van der Waals surface area (Å²) in [5, 5.41) is 13.3. The van der Waals surface area contributed by atoms with Crippen LogP contribution in [-0.2, 0) is 29.0 Å². The van der Waals surface area contributed by atoms with Crippen molar-refractivity contribution in [1.29, 1.82) is 0 Å². The number of aromatic nitrogens is 1. The van der Waals surface area contributed by atoms with Crippen LogP contribution < -0.4 is 19.5 Å². The minimum atomic E-state index is -1.10. The van der Waals surface area contributed by atoms with Crippen LogP contribution in [-0.4, -0.2) is 51.7 Å². The van der Waals surface area contributed by atoms with Crippen LogP contribution in [0.25, 0.3) is 11.1 Å². The van der Waals surface area contributed by atoms with Gasteiger partial charge in [0.2, 0.25) is 5.91 Å². The first-order chi connectivity index (χ1) is 27.7. The highest BCUT2D eigenvalue weighted by atomic mass is 16.6. The molecule has 1 amide bonds. The Hall–Kier alpha value is -5.67. The highest BCUT2D eigenvalue weighted by Gasteiger charge is 2.39. The normalized spacial score (nSPS) is 19.0. The zero-order chi connectivity index (χ0) is 39.5. The van der Waals surface area contributed by atoms with Gasteiger partial charge in [-0.15, -0.1) is 0 Å². The maximum atomic E-state index is 14.4. The minimum absolute atomic E-state index is 0.0721. The Balaban J connectivity index is 1.01. The van der Waals surface area contributed by atoms with Gasteiger partial charge in [0, 0.05) is 30.9 Å². The van der Waals surface area contributed by atoms with Crippen LogP contribution in [0, 0.1) is 13.8 Å². The molecule has 1 aliphatic carbocycles. The van der Waals surface area contributed by atoms with Crippen LogP contribution in [0.4, 0.5) is 0 Å². The smallest absolute Gasteiger partial charge is 0.326 e. The van der Waals surface area contributed by atoms with Crippen molar-refractivity contribution >= 4 is 11.9 Å². The molecule has 3 heterocycles. The van der Waals surface area contributed by atoms with Gasteiger partial charge >= 0.3 is 5.97 Å². The molecule has 0 unspecified atom stereocenters. The fourth-order valence-electron chi connectivity index (χ4n) is 8.68. The van der Waals surface area contributed by atoms with E-state index in [0.717, 1.165) is 75.2 Å². The molecule has 9 heteroatoms. The molecule has 0 spiro atoms. The van der Waals surface area contributed by atoms with E-state index in [4.69, 9.17) is 14.2 Å². The number of benzene rings is 4. The maximum absolute atomic E-state index is 14.4. The molecule has 3 aliphatic rings. The molecule has 4 atom stereocenters. The average Bonchev–Trinajstić information content (AvgIpc) is 3.75. The monoisotopic (exact) mass is 765 g/mol. The minimum Gasteiger partial charge on any atom is -0.490 e. The van der Waals surface area contributed by atoms with Crippen LogP contribution in [0.5, 0.6) is 17.2 Å². The van der Waals surface area contributed by atoms with Crippen LogP contribution in [0.2, 0.25) is 0 Å². The van der Waals surface area contributed by atoms with Crippen molar-refractivity contribution in [1.82, 2.24) is 15.2 Å². The summed E-state index contributed by atoms with van der Waals surface area (Å²) in [4.78, 5) is 33.7. The summed E-state index contributed by atoms with van der Waals surface area (Å²) in [5.41, 5.74) is 9.21. The van der Waals surface area contributed by atoms with Gasteiger partial charge in [-0.25, -0.2) is 4.79 Å². The first-order valence-electron chi connectivity index (χ1n) is 20.3. The number of nitrogens with zero attached hydrogens (tertiary/aromatic N) is 2. The molecule has 1 aromatic heterocycles. The van der Waals surface area contributed by atoms with Gasteiger partial charge < -0.3 is 24.6 Å². The summed E-state index contributed by atoms with van der Waals surface area (Å²) in [6.07, 6.45) is 7.84. The van der Waals surface area contributed by atoms with E-state index >= 15 is 0 Å². The van der Waals surface area contributed by atoms with Crippen LogP contribution in [0.1, 0.15) is 90.2 Å². The largest absolute Gasteiger partial charge is 0.490 e. The zero-order valence-electron chi connectivity index (χ0n) is 32.9. The molecule has 294 valence electrons. The number of rotatable bonds is 12. The fourth-order valence-corrected chi connectivity index (χ4v) is 8.68. The second-order valence-corrected chi connectivity index (χ2v) is 15.7. The van der Waals surface area contributed by atoms with Crippen molar-refractivity contribution in [3.8, 4) is 28.4 Å². The molecule has 8 rings (SSSR count). The quantitative estimate of drug-likeness (QED) is 0.130. The predicted molar refractivity (Wildman–Crippen MR) is 220 cm³/mol.